The smallest absolute Gasteiger partial charge is 0.235 e. The summed E-state index contributed by atoms with van der Waals surface area (Å²) in [6.07, 6.45) is 0. The van der Waals surface area contributed by atoms with Crippen LogP contribution in [0.3, 0.4) is 0 Å². The number of carbonyl (C=O) groups excluding carboxylic acids is 1. The molecule has 3 N–H and O–H groups in total. The van der Waals surface area contributed by atoms with Gasteiger partial charge >= 0.3 is 0 Å². The Kier molecular flexibility index (Phi) is 6.08. The summed E-state index contributed by atoms with van der Waals surface area (Å²) in [7, 11) is 0. The fourth-order valence-corrected chi connectivity index (χ4v) is 2.79. The summed E-state index contributed by atoms with van der Waals surface area (Å²) in [5, 5.41) is 3.19. The average Bonchev–Trinajstić information content (AvgIpc) is 2.33. The van der Waals surface area contributed by atoms with Gasteiger partial charge in [-0.05, 0) is 23.1 Å². The Morgan fingerprint density at radius 3 is 2.20 bits per heavy atom. The Morgan fingerprint density at radius 2 is 1.80 bits per heavy atom. The molecule has 1 amide bonds. The van der Waals surface area contributed by atoms with Gasteiger partial charge in [0.05, 0.1) is 6.04 Å². The Balaban J connectivity index is 2.62. The monoisotopic (exact) mass is 294 g/mol. The van der Waals surface area contributed by atoms with Gasteiger partial charge in [0.2, 0.25) is 5.91 Å². The first-order valence-electron chi connectivity index (χ1n) is 6.99. The summed E-state index contributed by atoms with van der Waals surface area (Å²) in [6.45, 7) is 10.6. The molecular weight excluding hydrogens is 268 g/mol. The van der Waals surface area contributed by atoms with Crippen LogP contribution in [0.4, 0.5) is 0 Å². The van der Waals surface area contributed by atoms with Gasteiger partial charge in [-0.2, -0.15) is 0 Å². The van der Waals surface area contributed by atoms with Crippen molar-refractivity contribution in [3.05, 3.63) is 29.8 Å². The van der Waals surface area contributed by atoms with Crippen LogP contribution in [-0.4, -0.2) is 23.7 Å². The van der Waals surface area contributed by atoms with Crippen molar-refractivity contribution in [2.45, 2.75) is 57.0 Å². The molecule has 0 aliphatic rings. The molecule has 0 radical (unpaired) electrons. The highest BCUT2D eigenvalue weighted by atomic mass is 32.2. The second kappa shape index (κ2) is 7.14. The molecule has 1 aromatic rings. The normalized spacial score (nSPS) is 13.5. The highest BCUT2D eigenvalue weighted by Crippen LogP contribution is 2.25. The molecule has 1 aromatic carbocycles. The maximum Gasteiger partial charge on any atom is 0.235 e. The van der Waals surface area contributed by atoms with Gasteiger partial charge in [0.15, 0.2) is 0 Å². The predicted octanol–water partition coefficient (Wildman–Crippen LogP) is 2.93. The highest BCUT2D eigenvalue weighted by Gasteiger charge is 2.17. The van der Waals surface area contributed by atoms with Crippen molar-refractivity contribution >= 4 is 17.7 Å². The molecule has 0 saturated heterocycles. The van der Waals surface area contributed by atoms with Crippen molar-refractivity contribution in [3.63, 3.8) is 0 Å². The number of benzene rings is 1. The van der Waals surface area contributed by atoms with Gasteiger partial charge in [0.25, 0.3) is 0 Å². The number of carbonyl (C=O) groups is 1. The molecule has 1 unspecified atom stereocenters. The van der Waals surface area contributed by atoms with Crippen LogP contribution >= 0.6 is 11.8 Å². The maximum atomic E-state index is 11.4. The number of nitrogens with two attached hydrogens (primary N) is 1. The number of thioether (sulfide) groups is 1. The zero-order valence-electron chi connectivity index (χ0n) is 13.1. The van der Waals surface area contributed by atoms with Gasteiger partial charge in [0.1, 0.15) is 0 Å². The van der Waals surface area contributed by atoms with Gasteiger partial charge < -0.3 is 11.1 Å². The Bertz CT molecular complexity index is 435. The lowest BCUT2D eigenvalue weighted by molar-refractivity contribution is -0.119. The van der Waals surface area contributed by atoms with E-state index in [4.69, 9.17) is 5.73 Å². The van der Waals surface area contributed by atoms with Crippen molar-refractivity contribution in [2.24, 2.45) is 5.73 Å². The molecule has 0 aromatic heterocycles. The number of hydrogen-bond acceptors (Lipinski definition) is 3. The molecule has 0 spiro atoms. The van der Waals surface area contributed by atoms with Crippen LogP contribution in [0.15, 0.2) is 29.2 Å². The zero-order valence-corrected chi connectivity index (χ0v) is 13.9. The van der Waals surface area contributed by atoms with Gasteiger partial charge in [-0.15, -0.1) is 11.8 Å². The summed E-state index contributed by atoms with van der Waals surface area (Å²) in [4.78, 5) is 12.6. The van der Waals surface area contributed by atoms with E-state index in [1.807, 2.05) is 13.8 Å². The fraction of sp³-hybridized carbons (Fsp3) is 0.562. The number of amides is 1. The molecule has 1 rings (SSSR count). The minimum atomic E-state index is -0.294. The Hall–Kier alpha value is -1.00. The third kappa shape index (κ3) is 5.55. The van der Waals surface area contributed by atoms with E-state index in [9.17, 15) is 4.79 Å². The van der Waals surface area contributed by atoms with E-state index in [1.54, 1.807) is 11.8 Å². The Morgan fingerprint density at radius 1 is 1.25 bits per heavy atom. The van der Waals surface area contributed by atoms with Crippen LogP contribution in [0, 0.1) is 0 Å². The lowest BCUT2D eigenvalue weighted by Crippen LogP contribution is -2.46. The van der Waals surface area contributed by atoms with E-state index in [1.165, 1.54) is 5.56 Å². The van der Waals surface area contributed by atoms with E-state index in [-0.39, 0.29) is 23.4 Å². The summed E-state index contributed by atoms with van der Waals surface area (Å²) >= 11 is 1.65. The van der Waals surface area contributed by atoms with E-state index < -0.39 is 0 Å². The standard InChI is InChI=1S/C16H26N2OS/c1-11(2)18-14(15(17)19)10-20-13-8-6-12(7-9-13)16(3,4)5/h6-9,11,14,18H,10H2,1-5H3,(H2,17,19). The van der Waals surface area contributed by atoms with Crippen LogP contribution in [0.25, 0.3) is 0 Å². The van der Waals surface area contributed by atoms with Crippen molar-refractivity contribution < 1.29 is 4.79 Å². The average molecular weight is 294 g/mol. The van der Waals surface area contributed by atoms with Gasteiger partial charge in [-0.25, -0.2) is 0 Å². The summed E-state index contributed by atoms with van der Waals surface area (Å²) in [6, 6.07) is 8.48. The zero-order chi connectivity index (χ0) is 15.3. The van der Waals surface area contributed by atoms with Gasteiger partial charge in [-0.3, -0.25) is 4.79 Å². The molecule has 0 fully saturated rings. The lowest BCUT2D eigenvalue weighted by atomic mass is 9.87. The van der Waals surface area contributed by atoms with Crippen molar-refractivity contribution in [3.8, 4) is 0 Å². The second-order valence-electron chi connectivity index (χ2n) is 6.36. The highest BCUT2D eigenvalue weighted by molar-refractivity contribution is 7.99. The summed E-state index contributed by atoms with van der Waals surface area (Å²) in [5.41, 5.74) is 6.89. The first-order chi connectivity index (χ1) is 9.20. The first-order valence-corrected chi connectivity index (χ1v) is 7.97. The predicted molar refractivity (Wildman–Crippen MR) is 87.1 cm³/mol. The quantitative estimate of drug-likeness (QED) is 0.793. The van der Waals surface area contributed by atoms with E-state index in [0.29, 0.717) is 5.75 Å². The van der Waals surface area contributed by atoms with E-state index >= 15 is 0 Å². The van der Waals surface area contributed by atoms with Crippen LogP contribution in [0.2, 0.25) is 0 Å². The molecule has 20 heavy (non-hydrogen) atoms. The minimum Gasteiger partial charge on any atom is -0.368 e. The fourth-order valence-electron chi connectivity index (χ4n) is 1.85. The SMILES string of the molecule is CC(C)NC(CSc1ccc(C(C)(C)C)cc1)C(N)=O. The third-order valence-electron chi connectivity index (χ3n) is 3.01. The number of primary amides is 1. The van der Waals surface area contributed by atoms with Crippen molar-refractivity contribution in [2.75, 3.05) is 5.75 Å². The second-order valence-corrected chi connectivity index (χ2v) is 7.46. The molecule has 3 nitrogen and oxygen atoms in total. The summed E-state index contributed by atoms with van der Waals surface area (Å²) in [5.74, 6) is 0.361. The molecule has 0 heterocycles. The number of hydrogen-bond donors (Lipinski definition) is 2. The van der Waals surface area contributed by atoms with Gasteiger partial charge in [0, 0.05) is 16.7 Å². The Labute approximate surface area is 126 Å². The number of nitrogens with one attached hydrogen (secondary N) is 1. The molecule has 0 aliphatic heterocycles. The largest absolute Gasteiger partial charge is 0.368 e. The molecule has 112 valence electrons. The van der Waals surface area contributed by atoms with E-state index in [0.717, 1.165) is 4.90 Å². The molecule has 1 atom stereocenters. The van der Waals surface area contributed by atoms with Crippen LogP contribution in [0.1, 0.15) is 40.2 Å². The van der Waals surface area contributed by atoms with Crippen LogP contribution < -0.4 is 11.1 Å². The molecule has 0 saturated carbocycles. The summed E-state index contributed by atoms with van der Waals surface area (Å²) < 4.78 is 0. The maximum absolute atomic E-state index is 11.4. The first kappa shape index (κ1) is 17.1. The molecule has 0 bridgehead atoms. The lowest BCUT2D eigenvalue weighted by Gasteiger charge is -2.20. The van der Waals surface area contributed by atoms with Crippen LogP contribution in [0.5, 0.6) is 0 Å². The topological polar surface area (TPSA) is 55.1 Å². The van der Waals surface area contributed by atoms with Crippen molar-refractivity contribution in [1.82, 2.24) is 5.32 Å². The molecule has 4 heteroatoms. The molecular formula is C16H26N2OS. The third-order valence-corrected chi connectivity index (χ3v) is 4.12. The minimum absolute atomic E-state index is 0.165. The van der Waals surface area contributed by atoms with E-state index in [2.05, 4.69) is 50.4 Å². The number of rotatable bonds is 6. The van der Waals surface area contributed by atoms with Crippen LogP contribution in [-0.2, 0) is 10.2 Å². The molecule has 0 aliphatic carbocycles. The van der Waals surface area contributed by atoms with Gasteiger partial charge in [-0.1, -0.05) is 46.8 Å². The van der Waals surface area contributed by atoms with Crippen molar-refractivity contribution in [1.29, 1.82) is 0 Å².